The molecule has 7 heteroatoms. The summed E-state index contributed by atoms with van der Waals surface area (Å²) in [5.41, 5.74) is 5.95. The number of phenols is 1. The number of rotatable bonds is 5. The number of esters is 1. The lowest BCUT2D eigenvalue weighted by Gasteiger charge is -2.16. The van der Waals surface area contributed by atoms with Crippen molar-refractivity contribution in [2.75, 3.05) is 14.2 Å². The molecule has 0 radical (unpaired) electrons. The first kappa shape index (κ1) is 14.8. The first-order chi connectivity index (χ1) is 8.90. The van der Waals surface area contributed by atoms with Gasteiger partial charge in [0.05, 0.1) is 20.6 Å². The normalized spacial score (nSPS) is 11.7. The minimum absolute atomic E-state index is 0.0980. The number of benzene rings is 1. The van der Waals surface area contributed by atoms with Gasteiger partial charge in [-0.1, -0.05) is 0 Å². The van der Waals surface area contributed by atoms with Crippen LogP contribution >= 0.6 is 0 Å². The van der Waals surface area contributed by atoms with Crippen LogP contribution in [0.1, 0.15) is 28.4 Å². The van der Waals surface area contributed by atoms with Gasteiger partial charge in [-0.15, -0.1) is 0 Å². The highest BCUT2D eigenvalue weighted by Crippen LogP contribution is 2.33. The molecule has 4 N–H and O–H groups in total. The molecule has 0 aromatic heterocycles. The van der Waals surface area contributed by atoms with Crippen LogP contribution in [0.5, 0.6) is 11.5 Å². The van der Waals surface area contributed by atoms with Crippen LogP contribution in [0.3, 0.4) is 0 Å². The molecule has 0 fully saturated rings. The summed E-state index contributed by atoms with van der Waals surface area (Å²) < 4.78 is 9.52. The number of carbonyl (C=O) groups is 2. The van der Waals surface area contributed by atoms with Gasteiger partial charge in [-0.3, -0.25) is 4.79 Å². The molecule has 0 aliphatic rings. The molecule has 0 amide bonds. The molecule has 1 unspecified atom stereocenters. The Labute approximate surface area is 109 Å². The Bertz CT molecular complexity index is 499. The first-order valence-corrected chi connectivity index (χ1v) is 5.37. The Kier molecular flexibility index (Phi) is 4.71. The summed E-state index contributed by atoms with van der Waals surface area (Å²) in [7, 11) is 2.52. The zero-order chi connectivity index (χ0) is 14.6. The Morgan fingerprint density at radius 1 is 1.37 bits per heavy atom. The van der Waals surface area contributed by atoms with Gasteiger partial charge < -0.3 is 25.4 Å². The average Bonchev–Trinajstić information content (AvgIpc) is 2.36. The van der Waals surface area contributed by atoms with E-state index in [-0.39, 0.29) is 23.5 Å². The third-order valence-electron chi connectivity index (χ3n) is 2.55. The Hall–Kier alpha value is -2.28. The van der Waals surface area contributed by atoms with Crippen molar-refractivity contribution < 1.29 is 29.3 Å². The second-order valence-electron chi connectivity index (χ2n) is 3.81. The minimum Gasteiger partial charge on any atom is -0.507 e. The van der Waals surface area contributed by atoms with E-state index < -0.39 is 18.0 Å². The zero-order valence-electron chi connectivity index (χ0n) is 10.5. The van der Waals surface area contributed by atoms with Gasteiger partial charge in [0.1, 0.15) is 17.1 Å². The third kappa shape index (κ3) is 3.35. The van der Waals surface area contributed by atoms with Gasteiger partial charge in [0.2, 0.25) is 0 Å². The topological polar surface area (TPSA) is 119 Å². The third-order valence-corrected chi connectivity index (χ3v) is 2.55. The highest BCUT2D eigenvalue weighted by molar-refractivity contribution is 5.93. The molecule has 104 valence electrons. The highest BCUT2D eigenvalue weighted by Gasteiger charge is 2.21. The molecule has 0 heterocycles. The number of ether oxygens (including phenoxy) is 2. The zero-order valence-corrected chi connectivity index (χ0v) is 10.5. The lowest BCUT2D eigenvalue weighted by molar-refractivity contribution is -0.137. The van der Waals surface area contributed by atoms with E-state index >= 15 is 0 Å². The minimum atomic E-state index is -1.08. The molecule has 1 atom stereocenters. The summed E-state index contributed by atoms with van der Waals surface area (Å²) >= 11 is 0. The second kappa shape index (κ2) is 6.05. The van der Waals surface area contributed by atoms with Crippen molar-refractivity contribution in [1.82, 2.24) is 0 Å². The molecule has 0 bridgehead atoms. The van der Waals surface area contributed by atoms with Gasteiger partial charge in [-0.05, 0) is 6.07 Å². The van der Waals surface area contributed by atoms with Gasteiger partial charge in [-0.2, -0.15) is 0 Å². The van der Waals surface area contributed by atoms with Crippen molar-refractivity contribution >= 4 is 11.9 Å². The molecular formula is C12H15NO6. The van der Waals surface area contributed by atoms with Crippen molar-refractivity contribution in [2.45, 2.75) is 12.5 Å². The lowest BCUT2D eigenvalue weighted by Crippen LogP contribution is -2.17. The number of aliphatic carboxylic acids is 1. The summed E-state index contributed by atoms with van der Waals surface area (Å²) in [6.07, 6.45) is -0.332. The van der Waals surface area contributed by atoms with Crippen LogP contribution in [0.4, 0.5) is 0 Å². The summed E-state index contributed by atoms with van der Waals surface area (Å²) in [6, 6.07) is 1.60. The molecule has 0 saturated heterocycles. The van der Waals surface area contributed by atoms with E-state index in [0.717, 1.165) is 0 Å². The van der Waals surface area contributed by atoms with Gasteiger partial charge in [0.25, 0.3) is 0 Å². The summed E-state index contributed by atoms with van der Waals surface area (Å²) in [5.74, 6) is -1.94. The van der Waals surface area contributed by atoms with Crippen LogP contribution in [-0.4, -0.2) is 36.4 Å². The summed E-state index contributed by atoms with van der Waals surface area (Å²) in [6.45, 7) is 0. The molecule has 0 aliphatic carbocycles. The van der Waals surface area contributed by atoms with Gasteiger partial charge in [0, 0.05) is 17.7 Å². The largest absolute Gasteiger partial charge is 0.507 e. The van der Waals surface area contributed by atoms with E-state index in [1.54, 1.807) is 0 Å². The molecule has 1 aromatic rings. The van der Waals surface area contributed by atoms with Crippen molar-refractivity contribution in [3.05, 3.63) is 23.3 Å². The van der Waals surface area contributed by atoms with Crippen LogP contribution in [-0.2, 0) is 9.53 Å². The number of nitrogens with two attached hydrogens (primary N) is 1. The van der Waals surface area contributed by atoms with Crippen molar-refractivity contribution in [3.63, 3.8) is 0 Å². The fraction of sp³-hybridized carbons (Fsp3) is 0.333. The van der Waals surface area contributed by atoms with E-state index in [0.29, 0.717) is 5.56 Å². The average molecular weight is 269 g/mol. The Balaban J connectivity index is 3.27. The summed E-state index contributed by atoms with van der Waals surface area (Å²) in [4.78, 5) is 22.1. The van der Waals surface area contributed by atoms with Crippen LogP contribution in [0, 0.1) is 0 Å². The maximum Gasteiger partial charge on any atom is 0.341 e. The van der Waals surface area contributed by atoms with E-state index in [1.807, 2.05) is 0 Å². The summed E-state index contributed by atoms with van der Waals surface area (Å²) in [5, 5.41) is 18.4. The smallest absolute Gasteiger partial charge is 0.341 e. The number of hydrogen-bond donors (Lipinski definition) is 3. The van der Waals surface area contributed by atoms with Crippen molar-refractivity contribution in [1.29, 1.82) is 0 Å². The molecule has 19 heavy (non-hydrogen) atoms. The van der Waals surface area contributed by atoms with Crippen molar-refractivity contribution in [2.24, 2.45) is 5.73 Å². The van der Waals surface area contributed by atoms with E-state index in [4.69, 9.17) is 15.6 Å². The quantitative estimate of drug-likeness (QED) is 0.672. The van der Waals surface area contributed by atoms with E-state index in [1.165, 1.54) is 26.4 Å². The molecule has 0 aliphatic heterocycles. The predicted octanol–water partition coefficient (Wildman–Crippen LogP) is 0.662. The highest BCUT2D eigenvalue weighted by atomic mass is 16.5. The fourth-order valence-electron chi connectivity index (χ4n) is 1.62. The lowest BCUT2D eigenvalue weighted by atomic mass is 10.00. The van der Waals surface area contributed by atoms with Gasteiger partial charge in [-0.25, -0.2) is 4.79 Å². The van der Waals surface area contributed by atoms with Gasteiger partial charge in [0.15, 0.2) is 0 Å². The number of hydrogen-bond acceptors (Lipinski definition) is 6. The Morgan fingerprint density at radius 2 is 2.00 bits per heavy atom. The fourth-order valence-corrected chi connectivity index (χ4v) is 1.62. The molecule has 0 spiro atoms. The number of phenolic OH excluding ortho intramolecular Hbond substituents is 1. The number of carbonyl (C=O) groups excluding carboxylic acids is 1. The molecular weight excluding hydrogens is 254 g/mol. The number of carboxylic acids is 1. The van der Waals surface area contributed by atoms with E-state index in [2.05, 4.69) is 4.74 Å². The van der Waals surface area contributed by atoms with Gasteiger partial charge >= 0.3 is 11.9 Å². The molecule has 1 rings (SSSR count). The van der Waals surface area contributed by atoms with Crippen LogP contribution in [0.25, 0.3) is 0 Å². The SMILES string of the molecule is COC(=O)c1cc(C(N)CC(=O)O)c(OC)cc1O. The Morgan fingerprint density at radius 3 is 2.47 bits per heavy atom. The molecule has 7 nitrogen and oxygen atoms in total. The maximum atomic E-state index is 11.5. The monoisotopic (exact) mass is 269 g/mol. The number of aromatic hydroxyl groups is 1. The standard InChI is InChI=1S/C12H15NO6/c1-18-10-5-9(14)7(12(17)19-2)3-6(10)8(13)4-11(15)16/h3,5,8,14H,4,13H2,1-2H3,(H,15,16). The van der Waals surface area contributed by atoms with Crippen LogP contribution in [0.15, 0.2) is 12.1 Å². The maximum absolute atomic E-state index is 11.5. The van der Waals surface area contributed by atoms with Crippen molar-refractivity contribution in [3.8, 4) is 11.5 Å². The predicted molar refractivity (Wildman–Crippen MR) is 65.2 cm³/mol. The van der Waals surface area contributed by atoms with E-state index in [9.17, 15) is 14.7 Å². The van der Waals surface area contributed by atoms with Crippen LogP contribution in [0.2, 0.25) is 0 Å². The molecule has 0 saturated carbocycles. The number of methoxy groups -OCH3 is 2. The van der Waals surface area contributed by atoms with Crippen LogP contribution < -0.4 is 10.5 Å². The molecule has 1 aromatic carbocycles. The number of carboxylic acid groups (broad SMARTS) is 1. The second-order valence-corrected chi connectivity index (χ2v) is 3.81. The first-order valence-electron chi connectivity index (χ1n) is 5.37.